The number of aromatic amines is 1. The highest BCUT2D eigenvalue weighted by Gasteiger charge is 2.20. The Hall–Kier alpha value is -2.64. The lowest BCUT2D eigenvalue weighted by Gasteiger charge is -2.23. The number of hydrogen-bond acceptors (Lipinski definition) is 4. The van der Waals surface area contributed by atoms with Gasteiger partial charge in [-0.3, -0.25) is 9.48 Å². The number of nitrogens with zero attached hydrogens (tertiary/aromatic N) is 4. The van der Waals surface area contributed by atoms with Crippen molar-refractivity contribution < 1.29 is 4.79 Å². The summed E-state index contributed by atoms with van der Waals surface area (Å²) in [6, 6.07) is 12.1. The number of hydrogen-bond donors (Lipinski definition) is 2. The highest BCUT2D eigenvalue weighted by atomic mass is 35.5. The fraction of sp³-hybridized carbons (Fsp3) is 0.350. The van der Waals surface area contributed by atoms with Crippen LogP contribution < -0.4 is 5.32 Å². The van der Waals surface area contributed by atoms with Crippen molar-refractivity contribution >= 4 is 18.3 Å². The first-order valence-electron chi connectivity index (χ1n) is 9.31. The second-order valence-electron chi connectivity index (χ2n) is 6.95. The molecule has 1 saturated heterocycles. The molecule has 8 heteroatoms. The lowest BCUT2D eigenvalue weighted by Crippen LogP contribution is -2.32. The molecule has 0 aliphatic carbocycles. The van der Waals surface area contributed by atoms with Gasteiger partial charge >= 0.3 is 0 Å². The molecule has 3 aromatic rings. The van der Waals surface area contributed by atoms with Gasteiger partial charge in [-0.2, -0.15) is 5.10 Å². The van der Waals surface area contributed by atoms with E-state index in [4.69, 9.17) is 0 Å². The van der Waals surface area contributed by atoms with Crippen molar-refractivity contribution in [1.29, 1.82) is 0 Å². The molecule has 0 bridgehead atoms. The lowest BCUT2D eigenvalue weighted by molar-refractivity contribution is 0.0774. The van der Waals surface area contributed by atoms with Gasteiger partial charge in [0.2, 0.25) is 0 Å². The highest BCUT2D eigenvalue weighted by Crippen LogP contribution is 2.18. The van der Waals surface area contributed by atoms with Gasteiger partial charge in [-0.15, -0.1) is 12.4 Å². The summed E-state index contributed by atoms with van der Waals surface area (Å²) in [5, 5.41) is 7.88. The Morgan fingerprint density at radius 3 is 2.86 bits per heavy atom. The Morgan fingerprint density at radius 1 is 1.29 bits per heavy atom. The number of imidazole rings is 1. The highest BCUT2D eigenvalue weighted by molar-refractivity contribution is 5.91. The molecule has 0 spiro atoms. The Balaban J connectivity index is 0.00000225. The maximum absolute atomic E-state index is 12.7. The van der Waals surface area contributed by atoms with Crippen LogP contribution in [-0.2, 0) is 6.54 Å². The molecule has 148 valence electrons. The van der Waals surface area contributed by atoms with Crippen LogP contribution in [-0.4, -0.2) is 50.7 Å². The summed E-state index contributed by atoms with van der Waals surface area (Å²) in [7, 11) is 1.77. The van der Waals surface area contributed by atoms with Crippen LogP contribution in [0.15, 0.2) is 48.8 Å². The fourth-order valence-corrected chi connectivity index (χ4v) is 3.41. The number of piperidine rings is 1. The number of rotatable bonds is 5. The molecule has 28 heavy (non-hydrogen) atoms. The first kappa shape index (κ1) is 20.1. The zero-order valence-electron chi connectivity index (χ0n) is 15.8. The molecule has 0 radical (unpaired) electrons. The lowest BCUT2D eigenvalue weighted by atomic mass is 10.1. The summed E-state index contributed by atoms with van der Waals surface area (Å²) >= 11 is 0. The van der Waals surface area contributed by atoms with Crippen LogP contribution in [0.25, 0.3) is 11.3 Å². The minimum Gasteiger partial charge on any atom is -0.341 e. The SMILES string of the molecule is CN(Cc1ncc(-c2ccccc2)[nH]1)C(=O)c1ccn(C2CCCNC2)n1.Cl. The standard InChI is InChI=1S/C20H24N6O.ClH/c1-25(14-19-22-13-18(23-19)15-6-3-2-4-7-15)20(27)17-9-11-26(24-17)16-8-5-10-21-12-16;/h2-4,6-7,9,11,13,16,21H,5,8,10,12,14H2,1H3,(H,22,23);1H. The Bertz CT molecular complexity index is 900. The average Bonchev–Trinajstić information content (AvgIpc) is 3.39. The minimum atomic E-state index is -0.102. The van der Waals surface area contributed by atoms with E-state index in [9.17, 15) is 4.79 Å². The largest absolute Gasteiger partial charge is 0.341 e. The molecule has 7 nitrogen and oxygen atoms in total. The van der Waals surface area contributed by atoms with Gasteiger partial charge in [0.25, 0.3) is 5.91 Å². The van der Waals surface area contributed by atoms with Gasteiger partial charge < -0.3 is 15.2 Å². The Labute approximate surface area is 170 Å². The van der Waals surface area contributed by atoms with Crippen molar-refractivity contribution in [3.05, 3.63) is 60.3 Å². The van der Waals surface area contributed by atoms with Gasteiger partial charge in [-0.1, -0.05) is 30.3 Å². The van der Waals surface area contributed by atoms with Crippen molar-refractivity contribution in [2.24, 2.45) is 0 Å². The molecule has 3 heterocycles. The topological polar surface area (TPSA) is 78.8 Å². The monoisotopic (exact) mass is 400 g/mol. The number of aromatic nitrogens is 4. The summed E-state index contributed by atoms with van der Waals surface area (Å²) in [5.41, 5.74) is 2.49. The molecule has 2 N–H and O–H groups in total. The molecule has 1 unspecified atom stereocenters. The van der Waals surface area contributed by atoms with Gasteiger partial charge in [0.15, 0.2) is 0 Å². The summed E-state index contributed by atoms with van der Waals surface area (Å²) in [6.45, 7) is 2.36. The zero-order chi connectivity index (χ0) is 18.6. The zero-order valence-corrected chi connectivity index (χ0v) is 16.7. The number of halogens is 1. The molecular formula is C20H25ClN6O. The smallest absolute Gasteiger partial charge is 0.274 e. The second kappa shape index (κ2) is 9.03. The van der Waals surface area contributed by atoms with Crippen LogP contribution in [0.4, 0.5) is 0 Å². The van der Waals surface area contributed by atoms with E-state index in [-0.39, 0.29) is 18.3 Å². The van der Waals surface area contributed by atoms with Crippen molar-refractivity contribution in [3.63, 3.8) is 0 Å². The van der Waals surface area contributed by atoms with Crippen molar-refractivity contribution in [3.8, 4) is 11.3 Å². The predicted octanol–water partition coefficient (Wildman–Crippen LogP) is 2.89. The van der Waals surface area contributed by atoms with Crippen LogP contribution in [0.1, 0.15) is 35.2 Å². The summed E-state index contributed by atoms with van der Waals surface area (Å²) in [4.78, 5) is 22.0. The summed E-state index contributed by atoms with van der Waals surface area (Å²) in [6.07, 6.45) is 5.93. The maximum atomic E-state index is 12.7. The first-order chi connectivity index (χ1) is 13.2. The van der Waals surface area contributed by atoms with Crippen molar-refractivity contribution in [1.82, 2.24) is 30.0 Å². The number of nitrogens with one attached hydrogen (secondary N) is 2. The van der Waals surface area contributed by atoms with E-state index in [1.165, 1.54) is 0 Å². The Kier molecular flexibility index (Phi) is 6.49. The molecule has 1 atom stereocenters. The summed E-state index contributed by atoms with van der Waals surface area (Å²) < 4.78 is 1.91. The Morgan fingerprint density at radius 2 is 2.11 bits per heavy atom. The van der Waals surface area contributed by atoms with Crippen LogP contribution >= 0.6 is 12.4 Å². The van der Waals surface area contributed by atoms with Crippen molar-refractivity contribution in [2.45, 2.75) is 25.4 Å². The van der Waals surface area contributed by atoms with E-state index in [0.717, 1.165) is 43.0 Å². The van der Waals surface area contributed by atoms with Crippen LogP contribution in [0.5, 0.6) is 0 Å². The van der Waals surface area contributed by atoms with E-state index in [0.29, 0.717) is 18.3 Å². The first-order valence-corrected chi connectivity index (χ1v) is 9.31. The van der Waals surface area contributed by atoms with Crippen LogP contribution in [0.2, 0.25) is 0 Å². The number of H-pyrrole nitrogens is 1. The molecule has 1 aliphatic rings. The fourth-order valence-electron chi connectivity index (χ4n) is 3.41. The molecule has 2 aromatic heterocycles. The van der Waals surface area contributed by atoms with Gasteiger partial charge in [-0.05, 0) is 31.0 Å². The van der Waals surface area contributed by atoms with E-state index >= 15 is 0 Å². The second-order valence-corrected chi connectivity index (χ2v) is 6.95. The van der Waals surface area contributed by atoms with Crippen LogP contribution in [0, 0.1) is 0 Å². The van der Waals surface area contributed by atoms with E-state index in [1.807, 2.05) is 41.2 Å². The normalized spacial score (nSPS) is 16.4. The molecule has 1 aromatic carbocycles. The van der Waals surface area contributed by atoms with Gasteiger partial charge in [0.05, 0.1) is 24.5 Å². The number of carbonyl (C=O) groups is 1. The maximum Gasteiger partial charge on any atom is 0.274 e. The van der Waals surface area contributed by atoms with Crippen molar-refractivity contribution in [2.75, 3.05) is 20.1 Å². The third-order valence-corrected chi connectivity index (χ3v) is 4.92. The minimum absolute atomic E-state index is 0. The molecule has 4 rings (SSSR count). The summed E-state index contributed by atoms with van der Waals surface area (Å²) in [5.74, 6) is 0.649. The third kappa shape index (κ3) is 4.43. The number of benzene rings is 1. The van der Waals surface area contributed by atoms with Gasteiger partial charge in [-0.25, -0.2) is 4.98 Å². The third-order valence-electron chi connectivity index (χ3n) is 4.92. The molecular weight excluding hydrogens is 376 g/mol. The van der Waals surface area contributed by atoms with Crippen LogP contribution in [0.3, 0.4) is 0 Å². The molecule has 1 fully saturated rings. The quantitative estimate of drug-likeness (QED) is 0.690. The predicted molar refractivity (Wildman–Crippen MR) is 110 cm³/mol. The van der Waals surface area contributed by atoms with E-state index in [2.05, 4.69) is 20.4 Å². The molecule has 1 aliphatic heterocycles. The van der Waals surface area contributed by atoms with E-state index < -0.39 is 0 Å². The van der Waals surface area contributed by atoms with Gasteiger partial charge in [0.1, 0.15) is 11.5 Å². The molecule has 0 saturated carbocycles. The average molecular weight is 401 g/mol. The molecule has 1 amide bonds. The van der Waals surface area contributed by atoms with E-state index in [1.54, 1.807) is 24.2 Å². The van der Waals surface area contributed by atoms with Gasteiger partial charge in [0, 0.05) is 19.8 Å². The number of carbonyl (C=O) groups excluding carboxylic acids is 1. The number of amides is 1.